The summed E-state index contributed by atoms with van der Waals surface area (Å²) in [5.41, 5.74) is 0. The fourth-order valence-corrected chi connectivity index (χ4v) is 3.73. The van der Waals surface area contributed by atoms with Crippen molar-refractivity contribution >= 4 is 21.6 Å². The predicted molar refractivity (Wildman–Crippen MR) is 72.2 cm³/mol. The Bertz CT molecular complexity index is 565. The zero-order valence-electron chi connectivity index (χ0n) is 10.5. The minimum atomic E-state index is -3.86. The summed E-state index contributed by atoms with van der Waals surface area (Å²) in [6, 6.07) is 3.34. The van der Waals surface area contributed by atoms with Crippen molar-refractivity contribution in [3.05, 3.63) is 29.0 Å². The Balaban J connectivity index is 2.22. The molecule has 106 valence electrons. The number of benzene rings is 1. The molecule has 0 aliphatic carbocycles. The van der Waals surface area contributed by atoms with Crippen molar-refractivity contribution in [2.75, 3.05) is 6.54 Å². The van der Waals surface area contributed by atoms with Gasteiger partial charge in [-0.05, 0) is 44.5 Å². The van der Waals surface area contributed by atoms with Crippen molar-refractivity contribution in [1.82, 2.24) is 10.0 Å². The van der Waals surface area contributed by atoms with Crippen LogP contribution in [0, 0.1) is 5.82 Å². The summed E-state index contributed by atoms with van der Waals surface area (Å²) in [5.74, 6) is -0.837. The summed E-state index contributed by atoms with van der Waals surface area (Å²) in [6.07, 6.45) is 1.63. The number of piperidine rings is 1. The first-order valence-electron chi connectivity index (χ1n) is 6.11. The van der Waals surface area contributed by atoms with Gasteiger partial charge in [0.2, 0.25) is 10.0 Å². The molecule has 1 aliphatic heterocycles. The molecule has 2 rings (SSSR count). The SMILES string of the molecule is CC1NCCCC1NS(=O)(=O)c1ccc(Cl)cc1F. The highest BCUT2D eigenvalue weighted by Gasteiger charge is 2.28. The molecule has 0 radical (unpaired) electrons. The normalized spacial score (nSPS) is 24.4. The molecular weight excluding hydrogens is 291 g/mol. The van der Waals surface area contributed by atoms with Crippen molar-refractivity contribution in [2.24, 2.45) is 0 Å². The molecule has 2 atom stereocenters. The average Bonchev–Trinajstić information content (AvgIpc) is 2.31. The van der Waals surface area contributed by atoms with E-state index in [2.05, 4.69) is 10.0 Å². The quantitative estimate of drug-likeness (QED) is 0.897. The molecule has 1 aromatic rings. The van der Waals surface area contributed by atoms with Crippen molar-refractivity contribution < 1.29 is 12.8 Å². The van der Waals surface area contributed by atoms with Crippen molar-refractivity contribution in [3.8, 4) is 0 Å². The van der Waals surface area contributed by atoms with Crippen LogP contribution in [0.15, 0.2) is 23.1 Å². The second-order valence-corrected chi connectivity index (χ2v) is 6.81. The smallest absolute Gasteiger partial charge is 0.243 e. The van der Waals surface area contributed by atoms with E-state index in [1.54, 1.807) is 0 Å². The Hall–Kier alpha value is -0.690. The largest absolute Gasteiger partial charge is 0.313 e. The van der Waals surface area contributed by atoms with Gasteiger partial charge in [-0.1, -0.05) is 11.6 Å². The zero-order chi connectivity index (χ0) is 14.0. The number of hydrogen-bond donors (Lipinski definition) is 2. The Labute approximate surface area is 117 Å². The van der Waals surface area contributed by atoms with Crippen LogP contribution in [-0.4, -0.2) is 27.0 Å². The molecule has 7 heteroatoms. The topological polar surface area (TPSA) is 58.2 Å². The van der Waals surface area contributed by atoms with E-state index in [1.165, 1.54) is 12.1 Å². The first kappa shape index (κ1) is 14.7. The van der Waals surface area contributed by atoms with Crippen molar-refractivity contribution in [2.45, 2.75) is 36.7 Å². The van der Waals surface area contributed by atoms with Crippen LogP contribution in [0.25, 0.3) is 0 Å². The van der Waals surface area contributed by atoms with Crippen LogP contribution in [-0.2, 0) is 10.0 Å². The molecule has 2 N–H and O–H groups in total. The van der Waals surface area contributed by atoms with Crippen molar-refractivity contribution in [1.29, 1.82) is 0 Å². The molecule has 0 bridgehead atoms. The van der Waals surface area contributed by atoms with Crippen LogP contribution in [0.2, 0.25) is 5.02 Å². The molecule has 4 nitrogen and oxygen atoms in total. The highest BCUT2D eigenvalue weighted by Crippen LogP contribution is 2.20. The Morgan fingerprint density at radius 3 is 2.84 bits per heavy atom. The third-order valence-electron chi connectivity index (χ3n) is 3.25. The average molecular weight is 307 g/mol. The zero-order valence-corrected chi connectivity index (χ0v) is 12.1. The third-order valence-corrected chi connectivity index (χ3v) is 5.01. The lowest BCUT2D eigenvalue weighted by molar-refractivity contribution is 0.348. The molecule has 0 spiro atoms. The first-order valence-corrected chi connectivity index (χ1v) is 7.97. The summed E-state index contributed by atoms with van der Waals surface area (Å²) < 4.78 is 40.5. The molecule has 1 saturated heterocycles. The van der Waals surface area contributed by atoms with Gasteiger partial charge in [-0.2, -0.15) is 0 Å². The van der Waals surface area contributed by atoms with Gasteiger partial charge < -0.3 is 5.32 Å². The molecule has 2 unspecified atom stereocenters. The van der Waals surface area contributed by atoms with E-state index < -0.39 is 15.8 Å². The van der Waals surface area contributed by atoms with E-state index >= 15 is 0 Å². The third kappa shape index (κ3) is 3.45. The molecule has 1 fully saturated rings. The van der Waals surface area contributed by atoms with Gasteiger partial charge in [0.15, 0.2) is 0 Å². The van der Waals surface area contributed by atoms with Crippen molar-refractivity contribution in [3.63, 3.8) is 0 Å². The summed E-state index contributed by atoms with van der Waals surface area (Å²) in [5, 5.41) is 3.36. The summed E-state index contributed by atoms with van der Waals surface area (Å²) >= 11 is 5.62. The first-order chi connectivity index (χ1) is 8.90. The Morgan fingerprint density at radius 2 is 2.21 bits per heavy atom. The predicted octanol–water partition coefficient (Wildman–Crippen LogP) is 1.90. The molecule has 19 heavy (non-hydrogen) atoms. The molecule has 1 aliphatic rings. The second kappa shape index (κ2) is 5.75. The van der Waals surface area contributed by atoms with Gasteiger partial charge >= 0.3 is 0 Å². The highest BCUT2D eigenvalue weighted by atomic mass is 35.5. The fourth-order valence-electron chi connectivity index (χ4n) is 2.16. The van der Waals surface area contributed by atoms with Crippen LogP contribution in [0.5, 0.6) is 0 Å². The van der Waals surface area contributed by atoms with E-state index in [0.717, 1.165) is 25.5 Å². The second-order valence-electron chi connectivity index (χ2n) is 4.69. The van der Waals surface area contributed by atoms with Crippen LogP contribution < -0.4 is 10.0 Å². The number of rotatable bonds is 3. The molecule has 1 heterocycles. The summed E-state index contributed by atoms with van der Waals surface area (Å²) in [4.78, 5) is -0.366. The van der Waals surface area contributed by atoms with Gasteiger partial charge in [0.1, 0.15) is 10.7 Å². The number of nitrogens with one attached hydrogen (secondary N) is 2. The van der Waals surface area contributed by atoms with Crippen LogP contribution >= 0.6 is 11.6 Å². The molecule has 0 saturated carbocycles. The molecule has 0 amide bonds. The Morgan fingerprint density at radius 1 is 1.47 bits per heavy atom. The molecule has 1 aromatic carbocycles. The van der Waals surface area contributed by atoms with Crippen LogP contribution in [0.1, 0.15) is 19.8 Å². The monoisotopic (exact) mass is 306 g/mol. The summed E-state index contributed by atoms with van der Waals surface area (Å²) in [6.45, 7) is 2.78. The van der Waals surface area contributed by atoms with Gasteiger partial charge in [-0.15, -0.1) is 0 Å². The lowest BCUT2D eigenvalue weighted by Crippen LogP contribution is -2.51. The highest BCUT2D eigenvalue weighted by molar-refractivity contribution is 7.89. The molecular formula is C12H16ClFN2O2S. The van der Waals surface area contributed by atoms with Gasteiger partial charge in [0.05, 0.1) is 0 Å². The minimum Gasteiger partial charge on any atom is -0.313 e. The van der Waals surface area contributed by atoms with Crippen LogP contribution in [0.4, 0.5) is 4.39 Å². The number of sulfonamides is 1. The van der Waals surface area contributed by atoms with E-state index in [4.69, 9.17) is 11.6 Å². The standard InChI is InChI=1S/C12H16ClFN2O2S/c1-8-11(3-2-6-15-8)16-19(17,18)12-5-4-9(13)7-10(12)14/h4-5,7-8,11,15-16H,2-3,6H2,1H3. The van der Waals surface area contributed by atoms with E-state index in [1.807, 2.05) is 6.92 Å². The maximum Gasteiger partial charge on any atom is 0.243 e. The lowest BCUT2D eigenvalue weighted by Gasteiger charge is -2.30. The van der Waals surface area contributed by atoms with Gasteiger partial charge in [-0.3, -0.25) is 0 Å². The maximum absolute atomic E-state index is 13.7. The molecule has 0 aromatic heterocycles. The van der Waals surface area contributed by atoms with Crippen LogP contribution in [0.3, 0.4) is 0 Å². The summed E-state index contributed by atoms with van der Waals surface area (Å²) in [7, 11) is -3.86. The van der Waals surface area contributed by atoms with E-state index in [0.29, 0.717) is 0 Å². The minimum absolute atomic E-state index is 0.0267. The maximum atomic E-state index is 13.7. The van der Waals surface area contributed by atoms with Gasteiger partial charge in [0, 0.05) is 17.1 Å². The van der Waals surface area contributed by atoms with E-state index in [9.17, 15) is 12.8 Å². The van der Waals surface area contributed by atoms with Gasteiger partial charge in [0.25, 0.3) is 0 Å². The number of hydrogen-bond acceptors (Lipinski definition) is 3. The fraction of sp³-hybridized carbons (Fsp3) is 0.500. The number of halogens is 2. The Kier molecular flexibility index (Phi) is 4.45. The van der Waals surface area contributed by atoms with E-state index in [-0.39, 0.29) is 22.0 Å². The van der Waals surface area contributed by atoms with Gasteiger partial charge in [-0.25, -0.2) is 17.5 Å². The lowest BCUT2D eigenvalue weighted by atomic mass is 10.0.